The number of carbonyl (C=O) groups excluding carboxylic acids is 2. The van der Waals surface area contributed by atoms with Crippen molar-refractivity contribution in [3.8, 4) is 0 Å². The number of likely N-dealkylation sites (N-methyl/N-ethyl adjacent to an activating group) is 2. The molecule has 0 aliphatic carbocycles. The molecule has 0 spiro atoms. The zero-order valence-corrected chi connectivity index (χ0v) is 17.8. The molecule has 3 rings (SSSR count). The number of primary amides is 2. The molecule has 0 bridgehead atoms. The van der Waals surface area contributed by atoms with Crippen LogP contribution in [-0.4, -0.2) is 104 Å². The van der Waals surface area contributed by atoms with Gasteiger partial charge in [0.05, 0.1) is 0 Å². The molecule has 2 unspecified atom stereocenters. The van der Waals surface area contributed by atoms with E-state index in [-0.39, 0.29) is 23.9 Å². The standard InChI is InChI=1S/C13H19N3O.C6H13N3O.CH4O/c1-15-7-8-16(10-12(15)13(14)17)9-11-5-3-2-4-6-11;1-9-3-2-8-4-5(9)6(7)10;1-2/h2-6,12H,7-10H2,1H3,(H2,14,17);5,8H,2-4H2,1H3,(H2,7,10);2H,1H3. The lowest BCUT2D eigenvalue weighted by atomic mass is 10.1. The van der Waals surface area contributed by atoms with Gasteiger partial charge >= 0.3 is 0 Å². The Balaban J connectivity index is 0.000000299. The molecule has 1 aromatic rings. The molecule has 2 fully saturated rings. The molecule has 1 aromatic carbocycles. The fraction of sp³-hybridized carbons (Fsp3) is 0.600. The first-order valence-corrected chi connectivity index (χ1v) is 9.79. The number of hydrogen-bond acceptors (Lipinski definition) is 7. The summed E-state index contributed by atoms with van der Waals surface area (Å²) in [4.78, 5) is 28.3. The normalized spacial score (nSPS) is 23.2. The minimum Gasteiger partial charge on any atom is -0.400 e. The number of nitrogens with two attached hydrogens (primary N) is 2. The second-order valence-electron chi connectivity index (χ2n) is 7.22. The molecule has 9 nitrogen and oxygen atoms in total. The summed E-state index contributed by atoms with van der Waals surface area (Å²) in [6.45, 7) is 6.01. The predicted molar refractivity (Wildman–Crippen MR) is 114 cm³/mol. The number of amides is 2. The highest BCUT2D eigenvalue weighted by Crippen LogP contribution is 2.11. The van der Waals surface area contributed by atoms with E-state index in [1.807, 2.05) is 42.1 Å². The Bertz CT molecular complexity index is 615. The summed E-state index contributed by atoms with van der Waals surface area (Å²) >= 11 is 0. The van der Waals surface area contributed by atoms with E-state index in [1.54, 1.807) is 0 Å². The van der Waals surface area contributed by atoms with Crippen LogP contribution in [0.15, 0.2) is 30.3 Å². The van der Waals surface area contributed by atoms with Gasteiger partial charge in [0.15, 0.2) is 0 Å². The van der Waals surface area contributed by atoms with Gasteiger partial charge in [-0.05, 0) is 19.7 Å². The number of carbonyl (C=O) groups is 2. The summed E-state index contributed by atoms with van der Waals surface area (Å²) in [5, 5.41) is 10.1. The predicted octanol–water partition coefficient (Wildman–Crippen LogP) is -1.73. The maximum absolute atomic E-state index is 11.3. The van der Waals surface area contributed by atoms with Crippen molar-refractivity contribution in [2.45, 2.75) is 18.6 Å². The molecule has 6 N–H and O–H groups in total. The molecule has 0 saturated carbocycles. The monoisotopic (exact) mass is 408 g/mol. The van der Waals surface area contributed by atoms with Gasteiger partial charge in [0.1, 0.15) is 12.1 Å². The van der Waals surface area contributed by atoms with Crippen LogP contribution in [0.2, 0.25) is 0 Å². The summed E-state index contributed by atoms with van der Waals surface area (Å²) in [5.41, 5.74) is 11.8. The molecular weight excluding hydrogens is 372 g/mol. The Morgan fingerprint density at radius 3 is 2.10 bits per heavy atom. The van der Waals surface area contributed by atoms with Crippen LogP contribution >= 0.6 is 0 Å². The number of hydrogen-bond donors (Lipinski definition) is 4. The van der Waals surface area contributed by atoms with E-state index in [0.717, 1.165) is 46.4 Å². The molecule has 2 atom stereocenters. The van der Waals surface area contributed by atoms with Crippen molar-refractivity contribution in [2.75, 3.05) is 60.5 Å². The van der Waals surface area contributed by atoms with Crippen LogP contribution < -0.4 is 16.8 Å². The third-order valence-electron chi connectivity index (χ3n) is 5.15. The molecule has 2 heterocycles. The number of nitrogens with one attached hydrogen (secondary N) is 1. The SMILES string of the molecule is CN1CCN(Cc2ccccc2)CC1C(N)=O.CN1CCNCC1C(N)=O.CO. The molecule has 2 saturated heterocycles. The lowest BCUT2D eigenvalue weighted by molar-refractivity contribution is -0.125. The molecule has 2 aliphatic heterocycles. The minimum absolute atomic E-state index is 0.117. The second-order valence-corrected chi connectivity index (χ2v) is 7.22. The highest BCUT2D eigenvalue weighted by molar-refractivity contribution is 5.80. The minimum atomic E-state index is -0.241. The van der Waals surface area contributed by atoms with Crippen molar-refractivity contribution in [1.29, 1.82) is 0 Å². The highest BCUT2D eigenvalue weighted by atomic mass is 16.2. The molecule has 0 aromatic heterocycles. The highest BCUT2D eigenvalue weighted by Gasteiger charge is 2.28. The van der Waals surface area contributed by atoms with Crippen molar-refractivity contribution < 1.29 is 14.7 Å². The topological polar surface area (TPSA) is 128 Å². The largest absolute Gasteiger partial charge is 0.400 e. The summed E-state index contributed by atoms with van der Waals surface area (Å²) in [7, 11) is 4.87. The van der Waals surface area contributed by atoms with Gasteiger partial charge in [-0.2, -0.15) is 0 Å². The average molecular weight is 409 g/mol. The summed E-state index contributed by atoms with van der Waals surface area (Å²) in [5.74, 6) is -0.472. The Morgan fingerprint density at radius 1 is 1.00 bits per heavy atom. The van der Waals surface area contributed by atoms with Gasteiger partial charge in [0, 0.05) is 52.9 Å². The van der Waals surface area contributed by atoms with E-state index in [9.17, 15) is 9.59 Å². The van der Waals surface area contributed by atoms with Gasteiger partial charge in [-0.1, -0.05) is 30.3 Å². The number of nitrogens with zero attached hydrogens (tertiary/aromatic N) is 3. The van der Waals surface area contributed by atoms with Crippen molar-refractivity contribution in [2.24, 2.45) is 11.5 Å². The first-order valence-electron chi connectivity index (χ1n) is 9.79. The van der Waals surface area contributed by atoms with Crippen LogP contribution in [0.3, 0.4) is 0 Å². The van der Waals surface area contributed by atoms with Crippen LogP contribution in [-0.2, 0) is 16.1 Å². The summed E-state index contributed by atoms with van der Waals surface area (Å²) in [6.07, 6.45) is 0. The van der Waals surface area contributed by atoms with Crippen LogP contribution in [0.1, 0.15) is 5.56 Å². The molecular formula is C20H36N6O3. The number of aliphatic hydroxyl groups excluding tert-OH is 1. The van der Waals surface area contributed by atoms with Gasteiger partial charge in [-0.15, -0.1) is 0 Å². The zero-order chi connectivity index (χ0) is 21.8. The summed E-state index contributed by atoms with van der Waals surface area (Å²) < 4.78 is 0. The van der Waals surface area contributed by atoms with Crippen molar-refractivity contribution in [3.05, 3.63) is 35.9 Å². The first-order chi connectivity index (χ1) is 13.9. The Hall–Kier alpha value is -2.04. The van der Waals surface area contributed by atoms with Crippen molar-refractivity contribution in [3.63, 3.8) is 0 Å². The third-order valence-corrected chi connectivity index (χ3v) is 5.15. The van der Waals surface area contributed by atoms with E-state index in [0.29, 0.717) is 6.54 Å². The van der Waals surface area contributed by atoms with Crippen LogP contribution in [0.5, 0.6) is 0 Å². The van der Waals surface area contributed by atoms with Crippen molar-refractivity contribution in [1.82, 2.24) is 20.0 Å². The summed E-state index contributed by atoms with van der Waals surface area (Å²) in [6, 6.07) is 10.0. The Labute approximate surface area is 173 Å². The van der Waals surface area contributed by atoms with E-state index in [2.05, 4.69) is 22.3 Å². The first kappa shape index (κ1) is 25.0. The van der Waals surface area contributed by atoms with Gasteiger partial charge in [-0.3, -0.25) is 24.3 Å². The molecule has 29 heavy (non-hydrogen) atoms. The van der Waals surface area contributed by atoms with Gasteiger partial charge in [-0.25, -0.2) is 0 Å². The van der Waals surface area contributed by atoms with Crippen LogP contribution in [0, 0.1) is 0 Å². The van der Waals surface area contributed by atoms with E-state index >= 15 is 0 Å². The average Bonchev–Trinajstić information content (AvgIpc) is 2.72. The van der Waals surface area contributed by atoms with Gasteiger partial charge < -0.3 is 21.9 Å². The maximum Gasteiger partial charge on any atom is 0.236 e. The molecule has 2 aliphatic rings. The van der Waals surface area contributed by atoms with E-state index in [4.69, 9.17) is 16.6 Å². The quantitative estimate of drug-likeness (QED) is 0.466. The number of rotatable bonds is 4. The molecule has 9 heteroatoms. The maximum atomic E-state index is 11.3. The molecule has 2 amide bonds. The van der Waals surface area contributed by atoms with Crippen LogP contribution in [0.25, 0.3) is 0 Å². The smallest absolute Gasteiger partial charge is 0.236 e. The Kier molecular flexibility index (Phi) is 11.4. The van der Waals surface area contributed by atoms with Crippen LogP contribution in [0.4, 0.5) is 0 Å². The van der Waals surface area contributed by atoms with Gasteiger partial charge in [0.2, 0.25) is 11.8 Å². The second kappa shape index (κ2) is 13.2. The number of aliphatic hydroxyl groups is 1. The van der Waals surface area contributed by atoms with E-state index < -0.39 is 0 Å². The molecule has 164 valence electrons. The zero-order valence-electron chi connectivity index (χ0n) is 17.8. The number of piperazine rings is 2. The third kappa shape index (κ3) is 8.46. The molecule has 0 radical (unpaired) electrons. The van der Waals surface area contributed by atoms with E-state index in [1.165, 1.54) is 5.56 Å². The fourth-order valence-corrected chi connectivity index (χ4v) is 3.35. The fourth-order valence-electron chi connectivity index (χ4n) is 3.35. The van der Waals surface area contributed by atoms with Crippen molar-refractivity contribution >= 4 is 11.8 Å². The number of benzene rings is 1. The lowest BCUT2D eigenvalue weighted by Crippen LogP contribution is -2.56. The van der Waals surface area contributed by atoms with Gasteiger partial charge in [0.25, 0.3) is 0 Å². The Morgan fingerprint density at radius 2 is 1.59 bits per heavy atom. The lowest BCUT2D eigenvalue weighted by Gasteiger charge is -2.37.